The summed E-state index contributed by atoms with van der Waals surface area (Å²) in [7, 11) is 0. The van der Waals surface area contributed by atoms with Gasteiger partial charge in [-0.15, -0.1) is 0 Å². The van der Waals surface area contributed by atoms with Crippen LogP contribution in [0, 0.1) is 10.8 Å². The van der Waals surface area contributed by atoms with Crippen molar-refractivity contribution in [2.24, 2.45) is 11.1 Å². The minimum atomic E-state index is -0.227. The predicted molar refractivity (Wildman–Crippen MR) is 42.9 cm³/mol. The lowest BCUT2D eigenvalue weighted by Gasteiger charge is -2.25. The van der Waals surface area contributed by atoms with Gasteiger partial charge in [0.05, 0.1) is 0 Å². The van der Waals surface area contributed by atoms with Crippen molar-refractivity contribution in [1.29, 1.82) is 5.41 Å². The normalized spacial score (nSPS) is 31.5. The second kappa shape index (κ2) is 2.29. The van der Waals surface area contributed by atoms with E-state index in [1.165, 1.54) is 6.21 Å². The van der Waals surface area contributed by atoms with Crippen molar-refractivity contribution in [2.75, 3.05) is 0 Å². The lowest BCUT2D eigenvalue weighted by atomic mass is 9.82. The van der Waals surface area contributed by atoms with E-state index in [1.807, 2.05) is 25.2 Å². The highest BCUT2D eigenvalue weighted by atomic mass is 14.6. The standard InChI is InChI=1S/C8H12N2/c1-8(6-9)5-3-2-4-7(8)10/h2-4,6,9H,5,10H2,1H3. The lowest BCUT2D eigenvalue weighted by molar-refractivity contribution is 0.563. The van der Waals surface area contributed by atoms with E-state index in [9.17, 15) is 0 Å². The highest BCUT2D eigenvalue weighted by Crippen LogP contribution is 2.28. The van der Waals surface area contributed by atoms with Crippen LogP contribution in [-0.2, 0) is 0 Å². The van der Waals surface area contributed by atoms with Crippen molar-refractivity contribution in [3.8, 4) is 0 Å². The van der Waals surface area contributed by atoms with Gasteiger partial charge in [-0.2, -0.15) is 0 Å². The Morgan fingerprint density at radius 1 is 1.80 bits per heavy atom. The van der Waals surface area contributed by atoms with Crippen LogP contribution in [-0.4, -0.2) is 6.21 Å². The van der Waals surface area contributed by atoms with E-state index >= 15 is 0 Å². The summed E-state index contributed by atoms with van der Waals surface area (Å²) >= 11 is 0. The van der Waals surface area contributed by atoms with E-state index < -0.39 is 0 Å². The second-order valence-corrected chi connectivity index (χ2v) is 2.82. The number of allylic oxidation sites excluding steroid dienone is 4. The number of nitrogens with one attached hydrogen (secondary N) is 1. The molecule has 1 unspecified atom stereocenters. The fraction of sp³-hybridized carbons (Fsp3) is 0.375. The third-order valence-corrected chi connectivity index (χ3v) is 1.93. The smallest absolute Gasteiger partial charge is 0.0450 e. The molecule has 3 N–H and O–H groups in total. The molecule has 54 valence electrons. The first-order valence-corrected chi connectivity index (χ1v) is 3.33. The maximum atomic E-state index is 7.14. The Hall–Kier alpha value is -1.05. The summed E-state index contributed by atoms with van der Waals surface area (Å²) in [5, 5.41) is 7.14. The van der Waals surface area contributed by atoms with E-state index in [0.29, 0.717) is 0 Å². The van der Waals surface area contributed by atoms with Gasteiger partial charge in [-0.25, -0.2) is 0 Å². The Morgan fingerprint density at radius 3 is 2.90 bits per heavy atom. The predicted octanol–water partition coefficient (Wildman–Crippen LogP) is 1.44. The van der Waals surface area contributed by atoms with Crippen LogP contribution in [0.1, 0.15) is 13.3 Å². The molecule has 0 fully saturated rings. The van der Waals surface area contributed by atoms with Crippen LogP contribution in [0.3, 0.4) is 0 Å². The number of nitrogens with two attached hydrogens (primary N) is 1. The van der Waals surface area contributed by atoms with Crippen LogP contribution in [0.5, 0.6) is 0 Å². The van der Waals surface area contributed by atoms with Gasteiger partial charge in [0.15, 0.2) is 0 Å². The van der Waals surface area contributed by atoms with Crippen LogP contribution in [0.4, 0.5) is 0 Å². The van der Waals surface area contributed by atoms with Crippen molar-refractivity contribution in [2.45, 2.75) is 13.3 Å². The summed E-state index contributed by atoms with van der Waals surface area (Å²) in [6, 6.07) is 0. The van der Waals surface area contributed by atoms with Crippen molar-refractivity contribution in [3.05, 3.63) is 23.9 Å². The van der Waals surface area contributed by atoms with Crippen LogP contribution < -0.4 is 5.73 Å². The van der Waals surface area contributed by atoms with Gasteiger partial charge in [-0.3, -0.25) is 0 Å². The Morgan fingerprint density at radius 2 is 2.50 bits per heavy atom. The van der Waals surface area contributed by atoms with Crippen LogP contribution in [0.2, 0.25) is 0 Å². The lowest BCUT2D eigenvalue weighted by Crippen LogP contribution is -2.26. The van der Waals surface area contributed by atoms with Gasteiger partial charge in [0.25, 0.3) is 0 Å². The van der Waals surface area contributed by atoms with E-state index in [1.54, 1.807) is 0 Å². The molecule has 0 aromatic carbocycles. The summed E-state index contributed by atoms with van der Waals surface area (Å²) in [5.41, 5.74) is 6.24. The molecule has 0 radical (unpaired) electrons. The molecule has 0 aromatic rings. The van der Waals surface area contributed by atoms with Gasteiger partial charge in [0.1, 0.15) is 0 Å². The number of rotatable bonds is 1. The summed E-state index contributed by atoms with van der Waals surface area (Å²) in [6.45, 7) is 1.97. The summed E-state index contributed by atoms with van der Waals surface area (Å²) < 4.78 is 0. The zero-order valence-electron chi connectivity index (χ0n) is 6.09. The molecule has 0 bridgehead atoms. The third-order valence-electron chi connectivity index (χ3n) is 1.93. The molecule has 1 atom stereocenters. The number of hydrogen-bond donors (Lipinski definition) is 2. The van der Waals surface area contributed by atoms with Gasteiger partial charge in [0, 0.05) is 17.3 Å². The fourth-order valence-corrected chi connectivity index (χ4v) is 0.935. The Labute approximate surface area is 60.9 Å². The van der Waals surface area contributed by atoms with E-state index in [-0.39, 0.29) is 5.41 Å². The number of hydrogen-bond acceptors (Lipinski definition) is 2. The maximum absolute atomic E-state index is 7.14. The van der Waals surface area contributed by atoms with Gasteiger partial charge in [0.2, 0.25) is 0 Å². The molecule has 10 heavy (non-hydrogen) atoms. The first-order valence-electron chi connectivity index (χ1n) is 3.33. The molecule has 0 aromatic heterocycles. The third kappa shape index (κ3) is 0.967. The molecule has 0 saturated carbocycles. The minimum absolute atomic E-state index is 0.227. The Kier molecular flexibility index (Phi) is 1.62. The molecule has 0 heterocycles. The molecule has 0 amide bonds. The molecular formula is C8H12N2. The average molecular weight is 136 g/mol. The molecule has 0 spiro atoms. The van der Waals surface area contributed by atoms with Crippen molar-refractivity contribution < 1.29 is 0 Å². The monoisotopic (exact) mass is 136 g/mol. The summed E-state index contributed by atoms with van der Waals surface area (Å²) in [5.74, 6) is 0. The molecule has 2 nitrogen and oxygen atoms in total. The van der Waals surface area contributed by atoms with Gasteiger partial charge in [-0.05, 0) is 19.4 Å². The van der Waals surface area contributed by atoms with E-state index in [2.05, 4.69) is 0 Å². The quantitative estimate of drug-likeness (QED) is 0.526. The van der Waals surface area contributed by atoms with Crippen molar-refractivity contribution in [1.82, 2.24) is 0 Å². The average Bonchev–Trinajstić information content (AvgIpc) is 1.96. The second-order valence-electron chi connectivity index (χ2n) is 2.82. The molecular weight excluding hydrogens is 124 g/mol. The SMILES string of the molecule is CC1(C=N)CC=CC=C1N. The molecule has 0 saturated heterocycles. The first-order chi connectivity index (χ1) is 4.69. The van der Waals surface area contributed by atoms with Gasteiger partial charge < -0.3 is 11.1 Å². The molecule has 1 aliphatic carbocycles. The Balaban J connectivity index is 2.91. The molecule has 1 rings (SSSR count). The topological polar surface area (TPSA) is 49.9 Å². The van der Waals surface area contributed by atoms with Crippen molar-refractivity contribution >= 4 is 6.21 Å². The van der Waals surface area contributed by atoms with Gasteiger partial charge >= 0.3 is 0 Å². The maximum Gasteiger partial charge on any atom is 0.0450 e. The van der Waals surface area contributed by atoms with Crippen molar-refractivity contribution in [3.63, 3.8) is 0 Å². The zero-order chi connectivity index (χ0) is 7.61. The molecule has 2 heteroatoms. The van der Waals surface area contributed by atoms with Crippen LogP contribution >= 0.6 is 0 Å². The highest BCUT2D eigenvalue weighted by molar-refractivity contribution is 5.67. The van der Waals surface area contributed by atoms with E-state index in [0.717, 1.165) is 12.1 Å². The van der Waals surface area contributed by atoms with E-state index in [4.69, 9.17) is 11.1 Å². The molecule has 0 aliphatic heterocycles. The Bertz CT molecular complexity index is 203. The van der Waals surface area contributed by atoms with Gasteiger partial charge in [-0.1, -0.05) is 12.2 Å². The minimum Gasteiger partial charge on any atom is -0.401 e. The summed E-state index contributed by atoms with van der Waals surface area (Å²) in [4.78, 5) is 0. The van der Waals surface area contributed by atoms with Crippen LogP contribution in [0.15, 0.2) is 23.9 Å². The van der Waals surface area contributed by atoms with Crippen LogP contribution in [0.25, 0.3) is 0 Å². The highest BCUT2D eigenvalue weighted by Gasteiger charge is 2.24. The fourth-order valence-electron chi connectivity index (χ4n) is 0.935. The zero-order valence-corrected chi connectivity index (χ0v) is 6.09. The first kappa shape index (κ1) is 7.06. The molecule has 1 aliphatic rings. The largest absolute Gasteiger partial charge is 0.401 e. The summed E-state index contributed by atoms with van der Waals surface area (Å²) in [6.07, 6.45) is 8.07.